The smallest absolute Gasteiger partial charge is 0.302 e. The summed E-state index contributed by atoms with van der Waals surface area (Å²) in [6, 6.07) is 0. The van der Waals surface area contributed by atoms with Gasteiger partial charge in [0, 0.05) is 6.92 Å². The van der Waals surface area contributed by atoms with Gasteiger partial charge in [0.1, 0.15) is 6.10 Å². The molecule has 3 fully saturated rings. The standard InChI is InChI=1S/C31H50O2/c1-19(2)20(3)9-10-21(4)25-13-14-27-24-11-12-26-22(5)29(33-23(6)32)16-18-31(26,8)28(24)15-17-30(25,27)7/h9,11,19,21-22,25-29H,10,12-18H2,1-8H3/b20-9+/t21?,22-,25?,26-,27?,28?,29?,30?,31?/m0/s1. The van der Waals surface area contributed by atoms with Crippen molar-refractivity contribution in [2.45, 2.75) is 113 Å². The molecular weight excluding hydrogens is 404 g/mol. The maximum Gasteiger partial charge on any atom is 0.302 e. The van der Waals surface area contributed by atoms with Crippen LogP contribution >= 0.6 is 0 Å². The van der Waals surface area contributed by atoms with E-state index in [0.29, 0.717) is 28.6 Å². The van der Waals surface area contributed by atoms with Gasteiger partial charge in [-0.15, -0.1) is 0 Å². The van der Waals surface area contributed by atoms with Crippen LogP contribution in [0, 0.1) is 52.3 Å². The quantitative estimate of drug-likeness (QED) is 0.308. The second-order valence-electron chi connectivity index (χ2n) is 13.2. The van der Waals surface area contributed by atoms with Crippen molar-refractivity contribution >= 4 is 5.97 Å². The fourth-order valence-electron chi connectivity index (χ4n) is 9.06. The molecular formula is C31H50O2. The fraction of sp³-hybridized carbons (Fsp3) is 0.839. The van der Waals surface area contributed by atoms with Crippen LogP contribution in [0.5, 0.6) is 0 Å². The zero-order chi connectivity index (χ0) is 24.1. The first-order chi connectivity index (χ1) is 15.5. The highest BCUT2D eigenvalue weighted by Crippen LogP contribution is 2.67. The van der Waals surface area contributed by atoms with Gasteiger partial charge in [-0.05, 0) is 111 Å². The van der Waals surface area contributed by atoms with Crippen LogP contribution < -0.4 is 0 Å². The van der Waals surface area contributed by atoms with Gasteiger partial charge in [-0.25, -0.2) is 0 Å². The second-order valence-corrected chi connectivity index (χ2v) is 13.2. The Hall–Kier alpha value is -1.05. The van der Waals surface area contributed by atoms with E-state index >= 15 is 0 Å². The molecule has 0 heterocycles. The molecule has 4 aliphatic rings. The summed E-state index contributed by atoms with van der Waals surface area (Å²) in [5.74, 6) is 4.83. The van der Waals surface area contributed by atoms with E-state index in [9.17, 15) is 4.79 Å². The van der Waals surface area contributed by atoms with Crippen LogP contribution in [0.3, 0.4) is 0 Å². The number of fused-ring (bicyclic) bond motifs is 5. The Morgan fingerprint density at radius 3 is 2.39 bits per heavy atom. The van der Waals surface area contributed by atoms with E-state index in [2.05, 4.69) is 60.6 Å². The summed E-state index contributed by atoms with van der Waals surface area (Å²) in [5, 5.41) is 0. The average molecular weight is 455 g/mol. The lowest BCUT2D eigenvalue weighted by Gasteiger charge is -2.59. The predicted octanol–water partition coefficient (Wildman–Crippen LogP) is 8.37. The Bertz CT molecular complexity index is 806. The lowest BCUT2D eigenvalue weighted by Crippen LogP contribution is -2.53. The normalized spacial score (nSPS) is 43.9. The van der Waals surface area contributed by atoms with E-state index in [1.54, 1.807) is 12.5 Å². The number of allylic oxidation sites excluding steroid dienone is 4. The molecule has 0 aromatic carbocycles. The summed E-state index contributed by atoms with van der Waals surface area (Å²) in [6.07, 6.45) is 15.6. The van der Waals surface area contributed by atoms with Crippen LogP contribution in [-0.4, -0.2) is 12.1 Å². The van der Waals surface area contributed by atoms with E-state index in [0.717, 1.165) is 30.1 Å². The van der Waals surface area contributed by atoms with Crippen molar-refractivity contribution in [3.8, 4) is 0 Å². The topological polar surface area (TPSA) is 26.3 Å². The Labute approximate surface area is 204 Å². The highest BCUT2D eigenvalue weighted by molar-refractivity contribution is 5.66. The van der Waals surface area contributed by atoms with Crippen LogP contribution in [0.15, 0.2) is 23.3 Å². The van der Waals surface area contributed by atoms with Crippen LogP contribution in [0.4, 0.5) is 0 Å². The minimum absolute atomic E-state index is 0.111. The van der Waals surface area contributed by atoms with Crippen LogP contribution in [0.1, 0.15) is 107 Å². The van der Waals surface area contributed by atoms with E-state index < -0.39 is 0 Å². The molecule has 0 radical (unpaired) electrons. The number of carbonyl (C=O) groups is 1. The second kappa shape index (κ2) is 9.19. The van der Waals surface area contributed by atoms with Gasteiger partial charge in [0.05, 0.1) is 0 Å². The van der Waals surface area contributed by atoms with Gasteiger partial charge >= 0.3 is 5.97 Å². The SMILES string of the molecule is CC(=O)OC1CCC2(C)C3CCC4(C)C(CCC4C(C)C/C=C(\C)C(C)C)C3=CC[C@H]2[C@@H]1C. The number of carbonyl (C=O) groups excluding carboxylic acids is 1. The van der Waals surface area contributed by atoms with Crippen molar-refractivity contribution in [2.75, 3.05) is 0 Å². The number of rotatable bonds is 5. The minimum atomic E-state index is -0.111. The summed E-state index contributed by atoms with van der Waals surface area (Å²) in [5.41, 5.74) is 4.25. The molecule has 0 aromatic rings. The molecule has 0 N–H and O–H groups in total. The summed E-state index contributed by atoms with van der Waals surface area (Å²) in [4.78, 5) is 11.7. The van der Waals surface area contributed by atoms with Crippen LogP contribution in [0.25, 0.3) is 0 Å². The molecule has 0 aliphatic heterocycles. The first-order valence-corrected chi connectivity index (χ1v) is 14.0. The maximum atomic E-state index is 11.7. The molecule has 2 nitrogen and oxygen atoms in total. The van der Waals surface area contributed by atoms with Gasteiger partial charge in [0.25, 0.3) is 0 Å². The molecule has 3 saturated carbocycles. The van der Waals surface area contributed by atoms with Crippen molar-refractivity contribution in [1.82, 2.24) is 0 Å². The lowest BCUT2D eigenvalue weighted by atomic mass is 9.46. The summed E-state index contributed by atoms with van der Waals surface area (Å²) >= 11 is 0. The molecule has 0 spiro atoms. The highest BCUT2D eigenvalue weighted by atomic mass is 16.5. The largest absolute Gasteiger partial charge is 0.462 e. The van der Waals surface area contributed by atoms with E-state index in [1.165, 1.54) is 44.9 Å². The van der Waals surface area contributed by atoms with E-state index in [4.69, 9.17) is 4.74 Å². The molecule has 186 valence electrons. The van der Waals surface area contributed by atoms with Gasteiger partial charge in [-0.1, -0.05) is 64.8 Å². The summed E-state index contributed by atoms with van der Waals surface area (Å²) < 4.78 is 5.75. The minimum Gasteiger partial charge on any atom is -0.462 e. The molecule has 33 heavy (non-hydrogen) atoms. The average Bonchev–Trinajstić information content (AvgIpc) is 3.11. The van der Waals surface area contributed by atoms with E-state index in [-0.39, 0.29) is 12.1 Å². The molecule has 0 amide bonds. The molecule has 4 aliphatic carbocycles. The lowest BCUT2D eigenvalue weighted by molar-refractivity contribution is -0.158. The van der Waals surface area contributed by atoms with Gasteiger partial charge in [-0.3, -0.25) is 4.79 Å². The third kappa shape index (κ3) is 4.27. The van der Waals surface area contributed by atoms with Crippen molar-refractivity contribution in [2.24, 2.45) is 52.3 Å². The van der Waals surface area contributed by atoms with Crippen molar-refractivity contribution < 1.29 is 9.53 Å². The van der Waals surface area contributed by atoms with E-state index in [1.807, 2.05) is 5.57 Å². The Kier molecular flexibility index (Phi) is 6.98. The molecule has 9 atom stereocenters. The van der Waals surface area contributed by atoms with Crippen LogP contribution in [0.2, 0.25) is 0 Å². The maximum absolute atomic E-state index is 11.7. The number of ether oxygens (including phenoxy) is 1. The number of hydrogen-bond donors (Lipinski definition) is 0. The van der Waals surface area contributed by atoms with Crippen LogP contribution in [-0.2, 0) is 9.53 Å². The molecule has 4 rings (SSSR count). The summed E-state index contributed by atoms with van der Waals surface area (Å²) in [6.45, 7) is 18.6. The monoisotopic (exact) mass is 454 g/mol. The third-order valence-corrected chi connectivity index (χ3v) is 11.4. The fourth-order valence-corrected chi connectivity index (χ4v) is 9.06. The molecule has 0 saturated heterocycles. The van der Waals surface area contributed by atoms with Gasteiger partial charge in [0.2, 0.25) is 0 Å². The Morgan fingerprint density at radius 2 is 1.73 bits per heavy atom. The predicted molar refractivity (Wildman–Crippen MR) is 138 cm³/mol. The number of hydrogen-bond acceptors (Lipinski definition) is 2. The third-order valence-electron chi connectivity index (χ3n) is 11.4. The molecule has 0 aromatic heterocycles. The molecule has 2 heteroatoms. The molecule has 7 unspecified atom stereocenters. The zero-order valence-corrected chi connectivity index (χ0v) is 22.7. The zero-order valence-electron chi connectivity index (χ0n) is 22.7. The first-order valence-electron chi connectivity index (χ1n) is 14.0. The van der Waals surface area contributed by atoms with Gasteiger partial charge in [-0.2, -0.15) is 0 Å². The van der Waals surface area contributed by atoms with Gasteiger partial charge in [0.15, 0.2) is 0 Å². The first kappa shape index (κ1) is 25.1. The Morgan fingerprint density at radius 1 is 1.06 bits per heavy atom. The number of esters is 1. The van der Waals surface area contributed by atoms with Crippen molar-refractivity contribution in [1.29, 1.82) is 0 Å². The van der Waals surface area contributed by atoms with Crippen molar-refractivity contribution in [3.63, 3.8) is 0 Å². The molecule has 0 bridgehead atoms. The highest BCUT2D eigenvalue weighted by Gasteiger charge is 2.59. The Balaban J connectivity index is 1.53. The van der Waals surface area contributed by atoms with Crippen molar-refractivity contribution in [3.05, 3.63) is 23.3 Å². The van der Waals surface area contributed by atoms with Gasteiger partial charge < -0.3 is 4.74 Å². The summed E-state index contributed by atoms with van der Waals surface area (Å²) in [7, 11) is 0.